The Morgan fingerprint density at radius 2 is 0.426 bits per heavy atom. The Bertz CT molecular complexity index is 2130. The molecule has 1 aliphatic heterocycles. The lowest BCUT2D eigenvalue weighted by molar-refractivity contribution is 0.327. The van der Waals surface area contributed by atoms with Gasteiger partial charge in [0.15, 0.2) is 0 Å². The van der Waals surface area contributed by atoms with Crippen molar-refractivity contribution in [2.45, 2.75) is 0 Å². The first-order chi connectivity index (χ1) is 26.4. The van der Waals surface area contributed by atoms with E-state index in [-0.39, 0.29) is 0 Å². The first-order valence-electron chi connectivity index (χ1n) is 16.6. The van der Waals surface area contributed by atoms with Crippen molar-refractivity contribution < 1.29 is 36.2 Å². The summed E-state index contributed by atoms with van der Waals surface area (Å²) >= 11 is 0. The molecule has 1 heterocycles. The molecule has 0 amide bonds. The van der Waals surface area contributed by atoms with Crippen molar-refractivity contribution in [2.75, 3.05) is 14.2 Å². The average Bonchev–Trinajstić information content (AvgIpc) is 3.19. The Labute approximate surface area is 314 Å². The van der Waals surface area contributed by atoms with Crippen LogP contribution in [-0.4, -0.2) is 14.2 Å². The summed E-state index contributed by atoms with van der Waals surface area (Å²) in [6, 6.07) is 54.2. The molecule has 12 nitrogen and oxygen atoms in total. The molecule has 0 unspecified atom stereocenters. The van der Waals surface area contributed by atoms with Gasteiger partial charge < -0.3 is 36.2 Å². The molecule has 0 aliphatic carbocycles. The van der Waals surface area contributed by atoms with Crippen molar-refractivity contribution in [3.8, 4) is 34.5 Å². The minimum absolute atomic E-state index is 0.379. The molecule has 0 atom stereocenters. The van der Waals surface area contributed by atoms with Gasteiger partial charge in [-0.15, -0.1) is 9.03 Å². The Balaban J connectivity index is 1.63. The van der Waals surface area contributed by atoms with Gasteiger partial charge in [-0.25, -0.2) is 0 Å². The predicted molar refractivity (Wildman–Crippen MR) is 214 cm³/mol. The summed E-state index contributed by atoms with van der Waals surface area (Å²) in [4.78, 5) is 0. The highest BCUT2D eigenvalue weighted by atomic mass is 31.3. The number of para-hydroxylation sites is 6. The highest BCUT2D eigenvalue weighted by molar-refractivity contribution is 7.79. The molecule has 1 aliphatic rings. The van der Waals surface area contributed by atoms with E-state index in [2.05, 4.69) is 0 Å². The molecule has 276 valence electrons. The Kier molecular flexibility index (Phi) is 11.7. The lowest BCUT2D eigenvalue weighted by Gasteiger charge is -2.32. The molecular formula is C38H36N4O8P4. The normalized spacial score (nSPS) is 16.2. The highest BCUT2D eigenvalue weighted by Gasteiger charge is 2.47. The number of hydrogen-bond donors (Lipinski definition) is 0. The fourth-order valence-corrected chi connectivity index (χ4v) is 16.8. The molecule has 6 aromatic rings. The van der Waals surface area contributed by atoms with Crippen LogP contribution in [0.1, 0.15) is 0 Å². The molecule has 0 bridgehead atoms. The number of rotatable bonds is 14. The van der Waals surface area contributed by atoms with E-state index in [1.807, 2.05) is 109 Å². The second-order valence-electron chi connectivity index (χ2n) is 11.1. The summed E-state index contributed by atoms with van der Waals surface area (Å²) in [5.74, 6) is 2.31. The van der Waals surface area contributed by atoms with Crippen LogP contribution in [0.5, 0.6) is 34.5 Å². The van der Waals surface area contributed by atoms with E-state index < -0.39 is 30.6 Å². The first kappa shape index (κ1) is 37.3. The van der Waals surface area contributed by atoms with E-state index in [0.717, 1.165) is 0 Å². The number of benzene rings is 6. The maximum Gasteiger partial charge on any atom is 0.460 e. The number of hydrogen-bond acceptors (Lipinski definition) is 12. The summed E-state index contributed by atoms with van der Waals surface area (Å²) in [7, 11) is -13.4. The molecule has 0 radical (unpaired) electrons. The largest absolute Gasteiger partial charge is 0.460 e. The van der Waals surface area contributed by atoms with Crippen LogP contribution in [0.15, 0.2) is 200 Å². The Morgan fingerprint density at radius 1 is 0.259 bits per heavy atom. The van der Waals surface area contributed by atoms with Crippen molar-refractivity contribution in [1.29, 1.82) is 0 Å². The topological polar surface area (TPSA) is 123 Å². The van der Waals surface area contributed by atoms with Crippen LogP contribution in [0.4, 0.5) is 0 Å². The van der Waals surface area contributed by atoms with Crippen LogP contribution < -0.4 is 27.1 Å². The molecule has 6 aromatic carbocycles. The lowest BCUT2D eigenvalue weighted by Crippen LogP contribution is -2.09. The predicted octanol–water partition coefficient (Wildman–Crippen LogP) is 13.6. The fraction of sp³-hybridized carbons (Fsp3) is 0.0526. The lowest BCUT2D eigenvalue weighted by atomic mass is 10.3. The molecule has 0 saturated heterocycles. The molecule has 7 rings (SSSR count). The van der Waals surface area contributed by atoms with Gasteiger partial charge in [0.25, 0.3) is 0 Å². The van der Waals surface area contributed by atoms with Gasteiger partial charge in [-0.2, -0.15) is 0 Å². The van der Waals surface area contributed by atoms with Crippen LogP contribution in [0, 0.1) is 0 Å². The van der Waals surface area contributed by atoms with Crippen molar-refractivity contribution in [1.82, 2.24) is 0 Å². The summed E-state index contributed by atoms with van der Waals surface area (Å²) in [5, 5.41) is 0. The minimum atomic E-state index is -4.21. The minimum Gasteiger partial charge on any atom is -0.413 e. The van der Waals surface area contributed by atoms with E-state index in [0.29, 0.717) is 34.5 Å². The Morgan fingerprint density at radius 3 is 0.611 bits per heavy atom. The summed E-state index contributed by atoms with van der Waals surface area (Å²) in [6.07, 6.45) is 0. The zero-order valence-corrected chi connectivity index (χ0v) is 32.7. The van der Waals surface area contributed by atoms with E-state index in [1.54, 1.807) is 72.8 Å². The monoisotopic (exact) mass is 800 g/mol. The van der Waals surface area contributed by atoms with E-state index in [4.69, 9.17) is 54.3 Å². The fourth-order valence-electron chi connectivity index (χ4n) is 4.85. The average molecular weight is 801 g/mol. The summed E-state index contributed by atoms with van der Waals surface area (Å²) in [6.45, 7) is 0. The van der Waals surface area contributed by atoms with Crippen LogP contribution in [-0.2, 0) is 9.05 Å². The standard InChI is InChI=1S/C38H36N4O8P4/c1-43-51(44-2)39-52(45-33-21-9-3-10-22-33,46-34-23-11-4-12-24-34)41-54(49-37-29-17-7-18-30-37,50-38-31-19-8-20-32-38)42-53(40-51,47-35-25-13-5-14-26-35)48-36-27-15-6-16-28-36/h3-32H,1-2H3. The zero-order valence-electron chi connectivity index (χ0n) is 29.2. The van der Waals surface area contributed by atoms with E-state index >= 15 is 0 Å². The van der Waals surface area contributed by atoms with Crippen molar-refractivity contribution in [3.05, 3.63) is 182 Å². The zero-order chi connectivity index (χ0) is 37.2. The smallest absolute Gasteiger partial charge is 0.413 e. The van der Waals surface area contributed by atoms with Crippen LogP contribution in [0.25, 0.3) is 0 Å². The number of nitrogens with zero attached hydrogens (tertiary/aromatic N) is 4. The quantitative estimate of drug-likeness (QED) is 0.0998. The third-order valence-electron chi connectivity index (χ3n) is 7.19. The van der Waals surface area contributed by atoms with Gasteiger partial charge >= 0.3 is 30.6 Å². The maximum absolute atomic E-state index is 6.88. The van der Waals surface area contributed by atoms with E-state index in [1.165, 1.54) is 14.2 Å². The molecule has 0 fully saturated rings. The molecular weight excluding hydrogens is 764 g/mol. The van der Waals surface area contributed by atoms with Gasteiger partial charge in [0.05, 0.1) is 0 Å². The van der Waals surface area contributed by atoms with Crippen molar-refractivity contribution in [3.63, 3.8) is 0 Å². The summed E-state index contributed by atoms with van der Waals surface area (Å²) < 4.78 is 74.1. The first-order valence-corrected chi connectivity index (χ1v) is 22.7. The van der Waals surface area contributed by atoms with Crippen LogP contribution in [0.2, 0.25) is 0 Å². The van der Waals surface area contributed by atoms with Gasteiger partial charge in [0, 0.05) is 14.2 Å². The molecule has 0 aromatic heterocycles. The van der Waals surface area contributed by atoms with Gasteiger partial charge in [-0.3, -0.25) is 0 Å². The molecule has 0 saturated carbocycles. The molecule has 16 heteroatoms. The third-order valence-corrected chi connectivity index (χ3v) is 18.1. The van der Waals surface area contributed by atoms with E-state index in [9.17, 15) is 0 Å². The second kappa shape index (κ2) is 17.0. The van der Waals surface area contributed by atoms with Crippen molar-refractivity contribution >= 4 is 30.6 Å². The third kappa shape index (κ3) is 9.36. The highest BCUT2D eigenvalue weighted by Crippen LogP contribution is 2.79. The maximum atomic E-state index is 6.88. The van der Waals surface area contributed by atoms with Gasteiger partial charge in [-0.1, -0.05) is 118 Å². The van der Waals surface area contributed by atoms with Crippen LogP contribution in [0.3, 0.4) is 0 Å². The van der Waals surface area contributed by atoms with Crippen molar-refractivity contribution in [2.24, 2.45) is 18.1 Å². The molecule has 0 spiro atoms. The Hall–Kier alpha value is -5.04. The van der Waals surface area contributed by atoms with Gasteiger partial charge in [0.1, 0.15) is 34.5 Å². The van der Waals surface area contributed by atoms with Crippen LogP contribution >= 0.6 is 30.6 Å². The van der Waals surface area contributed by atoms with Gasteiger partial charge in [-0.05, 0) is 72.8 Å². The summed E-state index contributed by atoms with van der Waals surface area (Å²) in [5.41, 5.74) is 0. The SMILES string of the molecule is COP1(OC)=NP(Oc2ccccc2)(Oc2ccccc2)=NP(Oc2ccccc2)(Oc2ccccc2)=NP(Oc2ccccc2)(Oc2ccccc2)=N1. The van der Waals surface area contributed by atoms with Gasteiger partial charge in [0.2, 0.25) is 0 Å². The molecule has 54 heavy (non-hydrogen) atoms. The molecule has 0 N–H and O–H groups in total. The second-order valence-corrected chi connectivity index (χ2v) is 19.7.